The maximum atomic E-state index is 13.1. The van der Waals surface area contributed by atoms with Crippen molar-refractivity contribution in [3.05, 3.63) is 84.2 Å². The Morgan fingerprint density at radius 3 is 2.28 bits per heavy atom. The molecule has 0 fully saturated rings. The first-order valence-electron chi connectivity index (χ1n) is 9.88. The van der Waals surface area contributed by atoms with E-state index < -0.39 is 22.0 Å². The van der Waals surface area contributed by atoms with Crippen LogP contribution in [0.3, 0.4) is 0 Å². The number of aromatic nitrogens is 1. The number of methoxy groups -OCH3 is 2. The average molecular weight is 456 g/mol. The van der Waals surface area contributed by atoms with Gasteiger partial charge in [0.2, 0.25) is 15.9 Å². The number of hydrogen-bond donors (Lipinski definition) is 2. The summed E-state index contributed by atoms with van der Waals surface area (Å²) in [6, 6.07) is 16.0. The number of amides is 1. The Morgan fingerprint density at radius 2 is 1.62 bits per heavy atom. The first kappa shape index (κ1) is 23.2. The molecule has 0 aliphatic rings. The molecule has 0 saturated heterocycles. The minimum absolute atomic E-state index is 0.0323. The van der Waals surface area contributed by atoms with E-state index in [0.717, 1.165) is 11.1 Å². The average Bonchev–Trinajstić information content (AvgIpc) is 2.82. The third-order valence-corrected chi connectivity index (χ3v) is 6.25. The van der Waals surface area contributed by atoms with Crippen LogP contribution in [-0.2, 0) is 27.8 Å². The van der Waals surface area contributed by atoms with E-state index in [9.17, 15) is 13.2 Å². The molecular formula is C23H25N3O5S. The summed E-state index contributed by atoms with van der Waals surface area (Å²) in [6.07, 6.45) is 3.45. The first-order valence-corrected chi connectivity index (χ1v) is 11.4. The van der Waals surface area contributed by atoms with E-state index in [1.165, 1.54) is 32.4 Å². The number of benzene rings is 2. The number of carbonyl (C=O) groups is 1. The normalized spacial score (nSPS) is 12.1. The number of nitrogens with one attached hydrogen (secondary N) is 2. The highest BCUT2D eigenvalue weighted by atomic mass is 32.2. The molecule has 1 heterocycles. The molecule has 32 heavy (non-hydrogen) atoms. The van der Waals surface area contributed by atoms with Gasteiger partial charge in [0.25, 0.3) is 0 Å². The van der Waals surface area contributed by atoms with E-state index in [-0.39, 0.29) is 23.6 Å². The summed E-state index contributed by atoms with van der Waals surface area (Å²) in [6.45, 7) is 0.255. The van der Waals surface area contributed by atoms with Gasteiger partial charge in [0.1, 0.15) is 6.04 Å². The number of sulfonamides is 1. The van der Waals surface area contributed by atoms with E-state index >= 15 is 0 Å². The summed E-state index contributed by atoms with van der Waals surface area (Å²) >= 11 is 0. The van der Waals surface area contributed by atoms with Crippen LogP contribution in [0, 0.1) is 0 Å². The van der Waals surface area contributed by atoms with Gasteiger partial charge in [-0.1, -0.05) is 30.3 Å². The van der Waals surface area contributed by atoms with E-state index in [1.807, 2.05) is 30.3 Å². The molecule has 168 valence electrons. The van der Waals surface area contributed by atoms with Crippen LogP contribution in [0.2, 0.25) is 0 Å². The maximum absolute atomic E-state index is 13.1. The molecule has 0 saturated carbocycles. The van der Waals surface area contributed by atoms with Gasteiger partial charge in [-0.2, -0.15) is 4.72 Å². The molecule has 8 nitrogen and oxygen atoms in total. The summed E-state index contributed by atoms with van der Waals surface area (Å²) in [5.74, 6) is 0.245. The molecule has 0 unspecified atom stereocenters. The fraction of sp³-hybridized carbons (Fsp3) is 0.217. The standard InChI is InChI=1S/C23H25N3O5S/c1-30-21-9-8-19(15-22(21)31-2)32(28,29)26-20(14-17-6-4-3-5-7-17)23(27)25-16-18-10-12-24-13-11-18/h3-13,15,20,26H,14,16H2,1-2H3,(H,25,27)/t20-/m1/s1. The van der Waals surface area contributed by atoms with Crippen molar-refractivity contribution in [1.29, 1.82) is 0 Å². The minimum Gasteiger partial charge on any atom is -0.493 e. The largest absolute Gasteiger partial charge is 0.493 e. The highest BCUT2D eigenvalue weighted by Crippen LogP contribution is 2.29. The summed E-state index contributed by atoms with van der Waals surface area (Å²) in [4.78, 5) is 16.9. The van der Waals surface area contributed by atoms with Gasteiger partial charge in [-0.05, 0) is 41.8 Å². The molecule has 1 atom stereocenters. The number of carbonyl (C=O) groups excluding carboxylic acids is 1. The lowest BCUT2D eigenvalue weighted by Gasteiger charge is -2.19. The van der Waals surface area contributed by atoms with Crippen molar-refractivity contribution >= 4 is 15.9 Å². The Kier molecular flexibility index (Phi) is 7.80. The van der Waals surface area contributed by atoms with Crippen LogP contribution in [0.5, 0.6) is 11.5 Å². The highest BCUT2D eigenvalue weighted by Gasteiger charge is 2.27. The molecule has 0 aliphatic carbocycles. The Morgan fingerprint density at radius 1 is 0.938 bits per heavy atom. The SMILES string of the molecule is COc1ccc(S(=O)(=O)N[C@H](Cc2ccccc2)C(=O)NCc2ccncc2)cc1OC. The number of pyridine rings is 1. The number of rotatable bonds is 10. The smallest absolute Gasteiger partial charge is 0.241 e. The van der Waals surface area contributed by atoms with Gasteiger partial charge in [0.05, 0.1) is 19.1 Å². The molecule has 2 aromatic carbocycles. The van der Waals surface area contributed by atoms with Crippen LogP contribution < -0.4 is 19.5 Å². The van der Waals surface area contributed by atoms with Crippen molar-refractivity contribution in [3.8, 4) is 11.5 Å². The van der Waals surface area contributed by atoms with Gasteiger partial charge in [0.15, 0.2) is 11.5 Å². The maximum Gasteiger partial charge on any atom is 0.241 e. The number of hydrogen-bond acceptors (Lipinski definition) is 6. The minimum atomic E-state index is -4.02. The van der Waals surface area contributed by atoms with Gasteiger partial charge >= 0.3 is 0 Å². The molecule has 3 aromatic rings. The zero-order chi connectivity index (χ0) is 23.0. The first-order chi connectivity index (χ1) is 15.4. The fourth-order valence-electron chi connectivity index (χ4n) is 3.09. The van der Waals surface area contributed by atoms with Crippen LogP contribution in [0.15, 0.2) is 78.0 Å². The molecule has 1 aromatic heterocycles. The molecule has 2 N–H and O–H groups in total. The van der Waals surface area contributed by atoms with Crippen molar-refractivity contribution in [3.63, 3.8) is 0 Å². The number of nitrogens with zero attached hydrogens (tertiary/aromatic N) is 1. The van der Waals surface area contributed by atoms with Crippen molar-refractivity contribution < 1.29 is 22.7 Å². The van der Waals surface area contributed by atoms with Crippen LogP contribution >= 0.6 is 0 Å². The topological polar surface area (TPSA) is 107 Å². The fourth-order valence-corrected chi connectivity index (χ4v) is 4.30. The third kappa shape index (κ3) is 6.05. The van der Waals surface area contributed by atoms with Crippen LogP contribution in [-0.4, -0.2) is 39.6 Å². The molecule has 0 aliphatic heterocycles. The molecule has 3 rings (SSSR count). The third-order valence-electron chi connectivity index (χ3n) is 4.78. The predicted molar refractivity (Wildman–Crippen MR) is 120 cm³/mol. The van der Waals surface area contributed by atoms with E-state index in [2.05, 4.69) is 15.0 Å². The van der Waals surface area contributed by atoms with Crippen LogP contribution in [0.25, 0.3) is 0 Å². The summed E-state index contributed by atoms with van der Waals surface area (Å²) in [5.41, 5.74) is 1.68. The zero-order valence-electron chi connectivity index (χ0n) is 17.8. The molecule has 0 bridgehead atoms. The Balaban J connectivity index is 1.83. The van der Waals surface area contributed by atoms with Crippen molar-refractivity contribution in [2.24, 2.45) is 0 Å². The van der Waals surface area contributed by atoms with Crippen molar-refractivity contribution in [2.45, 2.75) is 23.9 Å². The van der Waals surface area contributed by atoms with Gasteiger partial charge in [-0.15, -0.1) is 0 Å². The quantitative estimate of drug-likeness (QED) is 0.486. The lowest BCUT2D eigenvalue weighted by Crippen LogP contribution is -2.47. The Hall–Kier alpha value is -3.43. The predicted octanol–water partition coefficient (Wildman–Crippen LogP) is 2.30. The Labute approximate surface area is 187 Å². The van der Waals surface area contributed by atoms with Gasteiger partial charge in [-0.25, -0.2) is 8.42 Å². The molecule has 9 heteroatoms. The second kappa shape index (κ2) is 10.7. The Bertz CT molecular complexity index is 1140. The van der Waals surface area contributed by atoms with Gasteiger partial charge < -0.3 is 14.8 Å². The summed E-state index contributed by atoms with van der Waals surface area (Å²) in [7, 11) is -1.13. The highest BCUT2D eigenvalue weighted by molar-refractivity contribution is 7.89. The van der Waals surface area contributed by atoms with Crippen LogP contribution in [0.4, 0.5) is 0 Å². The van der Waals surface area contributed by atoms with E-state index in [4.69, 9.17) is 9.47 Å². The van der Waals surface area contributed by atoms with Crippen molar-refractivity contribution in [2.75, 3.05) is 14.2 Å². The second-order valence-corrected chi connectivity index (χ2v) is 8.67. The summed E-state index contributed by atoms with van der Waals surface area (Å²) < 4.78 is 39.1. The van der Waals surface area contributed by atoms with Crippen LogP contribution in [0.1, 0.15) is 11.1 Å². The molecule has 0 radical (unpaired) electrons. The van der Waals surface area contributed by atoms with E-state index in [0.29, 0.717) is 5.75 Å². The van der Waals surface area contributed by atoms with Gasteiger partial charge in [0, 0.05) is 25.0 Å². The van der Waals surface area contributed by atoms with E-state index in [1.54, 1.807) is 24.5 Å². The lowest BCUT2D eigenvalue weighted by molar-refractivity contribution is -0.122. The molecular weight excluding hydrogens is 430 g/mol. The molecule has 0 spiro atoms. The number of ether oxygens (including phenoxy) is 2. The van der Waals surface area contributed by atoms with Gasteiger partial charge in [-0.3, -0.25) is 9.78 Å². The van der Waals surface area contributed by atoms with Crippen molar-refractivity contribution in [1.82, 2.24) is 15.0 Å². The molecule has 1 amide bonds. The zero-order valence-corrected chi connectivity index (χ0v) is 18.6. The summed E-state index contributed by atoms with van der Waals surface area (Å²) in [5, 5.41) is 2.80. The monoisotopic (exact) mass is 455 g/mol. The second-order valence-electron chi connectivity index (χ2n) is 6.95. The lowest BCUT2D eigenvalue weighted by atomic mass is 10.1.